The molecule has 0 saturated heterocycles. The van der Waals surface area contributed by atoms with Gasteiger partial charge >= 0.3 is 5.97 Å². The van der Waals surface area contributed by atoms with Crippen LogP contribution in [0.3, 0.4) is 0 Å². The molecule has 0 atom stereocenters. The summed E-state index contributed by atoms with van der Waals surface area (Å²) in [6.45, 7) is 2.41. The summed E-state index contributed by atoms with van der Waals surface area (Å²) < 4.78 is 15.1. The number of aromatic nitrogens is 2. The third-order valence-corrected chi connectivity index (χ3v) is 2.29. The minimum absolute atomic E-state index is 0.0424. The molecule has 1 heterocycles. The maximum Gasteiger partial charge on any atom is 0.376 e. The standard InChI is InChI=1S/C12H18N2O4/c1-4-5-6-18-11(15)10-13-7-9(8-14-10)12(16-2)17-3/h7-8,12H,4-6H2,1-3H3. The fraction of sp³-hybridized carbons (Fsp3) is 0.583. The normalized spacial score (nSPS) is 10.7. The molecule has 1 aromatic rings. The Bertz CT molecular complexity index is 363. The van der Waals surface area contributed by atoms with Crippen LogP contribution in [0, 0.1) is 0 Å². The van der Waals surface area contributed by atoms with Gasteiger partial charge in [0.15, 0.2) is 6.29 Å². The Labute approximate surface area is 106 Å². The molecule has 0 spiro atoms. The minimum Gasteiger partial charge on any atom is -0.460 e. The van der Waals surface area contributed by atoms with E-state index in [0.717, 1.165) is 12.8 Å². The van der Waals surface area contributed by atoms with Gasteiger partial charge in [-0.25, -0.2) is 14.8 Å². The molecule has 0 aliphatic carbocycles. The zero-order valence-electron chi connectivity index (χ0n) is 10.9. The van der Waals surface area contributed by atoms with Gasteiger partial charge in [0.25, 0.3) is 0 Å². The van der Waals surface area contributed by atoms with Crippen molar-refractivity contribution >= 4 is 5.97 Å². The largest absolute Gasteiger partial charge is 0.460 e. The fourth-order valence-corrected chi connectivity index (χ4v) is 1.31. The summed E-state index contributed by atoms with van der Waals surface area (Å²) in [7, 11) is 3.03. The van der Waals surface area contributed by atoms with Gasteiger partial charge in [0.1, 0.15) is 0 Å². The molecule has 0 unspecified atom stereocenters. The smallest absolute Gasteiger partial charge is 0.376 e. The molecule has 0 bridgehead atoms. The number of ether oxygens (including phenoxy) is 3. The lowest BCUT2D eigenvalue weighted by atomic mass is 10.3. The first-order valence-corrected chi connectivity index (χ1v) is 5.77. The van der Waals surface area contributed by atoms with Crippen LogP contribution in [0.15, 0.2) is 12.4 Å². The monoisotopic (exact) mass is 254 g/mol. The summed E-state index contributed by atoms with van der Waals surface area (Å²) in [5.74, 6) is -0.470. The predicted octanol–water partition coefficient (Wildman–Crippen LogP) is 1.72. The molecule has 6 nitrogen and oxygen atoms in total. The number of esters is 1. The van der Waals surface area contributed by atoms with Crippen LogP contribution in [0.25, 0.3) is 0 Å². The van der Waals surface area contributed by atoms with Crippen molar-refractivity contribution in [2.24, 2.45) is 0 Å². The first-order chi connectivity index (χ1) is 8.72. The molecule has 0 amide bonds. The Kier molecular flexibility index (Phi) is 6.24. The summed E-state index contributed by atoms with van der Waals surface area (Å²) in [6.07, 6.45) is 4.24. The summed E-state index contributed by atoms with van der Waals surface area (Å²) in [5, 5.41) is 0. The molecule has 0 fully saturated rings. The van der Waals surface area contributed by atoms with E-state index in [4.69, 9.17) is 14.2 Å². The summed E-state index contributed by atoms with van der Waals surface area (Å²) in [6, 6.07) is 0. The highest BCUT2D eigenvalue weighted by molar-refractivity contribution is 5.84. The zero-order chi connectivity index (χ0) is 13.4. The van der Waals surface area contributed by atoms with E-state index in [9.17, 15) is 4.79 Å². The van der Waals surface area contributed by atoms with Gasteiger partial charge in [-0.05, 0) is 6.42 Å². The van der Waals surface area contributed by atoms with Crippen LogP contribution >= 0.6 is 0 Å². The molecule has 100 valence electrons. The second-order valence-corrected chi connectivity index (χ2v) is 3.63. The van der Waals surface area contributed by atoms with Gasteiger partial charge in [0.2, 0.25) is 5.82 Å². The van der Waals surface area contributed by atoms with Gasteiger partial charge in [-0.15, -0.1) is 0 Å². The quantitative estimate of drug-likeness (QED) is 0.419. The Morgan fingerprint density at radius 1 is 1.28 bits per heavy atom. The highest BCUT2D eigenvalue weighted by Crippen LogP contribution is 2.14. The number of nitrogens with zero attached hydrogens (tertiary/aromatic N) is 2. The molecule has 0 aliphatic rings. The number of carbonyl (C=O) groups is 1. The van der Waals surface area contributed by atoms with E-state index in [1.165, 1.54) is 26.6 Å². The van der Waals surface area contributed by atoms with Crippen molar-refractivity contribution in [3.8, 4) is 0 Å². The second kappa shape index (κ2) is 7.73. The minimum atomic E-state index is -0.532. The van der Waals surface area contributed by atoms with Gasteiger partial charge in [-0.2, -0.15) is 0 Å². The van der Waals surface area contributed by atoms with Crippen LogP contribution in [0.5, 0.6) is 0 Å². The maximum absolute atomic E-state index is 11.5. The third kappa shape index (κ3) is 4.05. The third-order valence-electron chi connectivity index (χ3n) is 2.29. The van der Waals surface area contributed by atoms with Crippen LogP contribution < -0.4 is 0 Å². The predicted molar refractivity (Wildman–Crippen MR) is 64.0 cm³/mol. The maximum atomic E-state index is 11.5. The Morgan fingerprint density at radius 2 is 1.89 bits per heavy atom. The molecule has 0 aromatic carbocycles. The Balaban J connectivity index is 2.61. The lowest BCUT2D eigenvalue weighted by Crippen LogP contribution is -2.12. The van der Waals surface area contributed by atoms with Gasteiger partial charge in [0.05, 0.1) is 6.61 Å². The van der Waals surface area contributed by atoms with Crippen molar-refractivity contribution in [1.82, 2.24) is 9.97 Å². The van der Waals surface area contributed by atoms with Gasteiger partial charge < -0.3 is 14.2 Å². The lowest BCUT2D eigenvalue weighted by Gasteiger charge is -2.12. The topological polar surface area (TPSA) is 70.5 Å². The fourth-order valence-electron chi connectivity index (χ4n) is 1.31. The van der Waals surface area contributed by atoms with Crippen molar-refractivity contribution in [3.05, 3.63) is 23.8 Å². The van der Waals surface area contributed by atoms with E-state index in [0.29, 0.717) is 12.2 Å². The summed E-state index contributed by atoms with van der Waals surface area (Å²) in [5.41, 5.74) is 0.644. The molecule has 1 rings (SSSR count). The summed E-state index contributed by atoms with van der Waals surface area (Å²) >= 11 is 0. The van der Waals surface area contributed by atoms with E-state index < -0.39 is 12.3 Å². The lowest BCUT2D eigenvalue weighted by molar-refractivity contribution is -0.106. The van der Waals surface area contributed by atoms with Crippen molar-refractivity contribution < 1.29 is 19.0 Å². The Hall–Kier alpha value is -1.53. The highest BCUT2D eigenvalue weighted by Gasteiger charge is 2.14. The van der Waals surface area contributed by atoms with Gasteiger partial charge in [0, 0.05) is 32.2 Å². The molecule has 18 heavy (non-hydrogen) atoms. The molecule has 1 aromatic heterocycles. The number of carbonyl (C=O) groups excluding carboxylic acids is 1. The molecule has 6 heteroatoms. The molecule has 0 radical (unpaired) electrons. The first kappa shape index (κ1) is 14.5. The van der Waals surface area contributed by atoms with Crippen LogP contribution in [-0.4, -0.2) is 36.8 Å². The highest BCUT2D eigenvalue weighted by atomic mass is 16.7. The molecule has 0 N–H and O–H groups in total. The van der Waals surface area contributed by atoms with E-state index in [-0.39, 0.29) is 5.82 Å². The van der Waals surface area contributed by atoms with Crippen molar-refractivity contribution in [3.63, 3.8) is 0 Å². The average Bonchev–Trinajstić information content (AvgIpc) is 2.41. The van der Waals surface area contributed by atoms with Crippen LogP contribution in [0.2, 0.25) is 0 Å². The Morgan fingerprint density at radius 3 is 2.39 bits per heavy atom. The van der Waals surface area contributed by atoms with E-state index in [1.807, 2.05) is 6.92 Å². The SMILES string of the molecule is CCCCOC(=O)c1ncc(C(OC)OC)cn1. The first-order valence-electron chi connectivity index (χ1n) is 5.77. The number of hydrogen-bond acceptors (Lipinski definition) is 6. The van der Waals surface area contributed by atoms with E-state index >= 15 is 0 Å². The van der Waals surface area contributed by atoms with Crippen molar-refractivity contribution in [1.29, 1.82) is 0 Å². The molecule has 0 saturated carbocycles. The van der Waals surface area contributed by atoms with Crippen molar-refractivity contribution in [2.75, 3.05) is 20.8 Å². The second-order valence-electron chi connectivity index (χ2n) is 3.63. The van der Waals surface area contributed by atoms with Gasteiger partial charge in [-0.1, -0.05) is 13.3 Å². The van der Waals surface area contributed by atoms with Crippen LogP contribution in [0.4, 0.5) is 0 Å². The number of rotatable bonds is 7. The molecular weight excluding hydrogens is 236 g/mol. The van der Waals surface area contributed by atoms with Crippen LogP contribution in [-0.2, 0) is 14.2 Å². The van der Waals surface area contributed by atoms with E-state index in [1.54, 1.807) is 0 Å². The van der Waals surface area contributed by atoms with E-state index in [2.05, 4.69) is 9.97 Å². The zero-order valence-corrected chi connectivity index (χ0v) is 10.9. The number of unbranched alkanes of at least 4 members (excludes halogenated alkanes) is 1. The molecular formula is C12H18N2O4. The summed E-state index contributed by atoms with van der Waals surface area (Å²) in [4.78, 5) is 19.4. The van der Waals surface area contributed by atoms with Crippen LogP contribution in [0.1, 0.15) is 42.2 Å². The molecule has 0 aliphatic heterocycles. The number of hydrogen-bond donors (Lipinski definition) is 0. The average molecular weight is 254 g/mol. The number of methoxy groups -OCH3 is 2. The van der Waals surface area contributed by atoms with Gasteiger partial charge in [-0.3, -0.25) is 0 Å². The van der Waals surface area contributed by atoms with Crippen molar-refractivity contribution in [2.45, 2.75) is 26.1 Å².